The summed E-state index contributed by atoms with van der Waals surface area (Å²) in [5.41, 5.74) is 1.25. The van der Waals surface area contributed by atoms with Crippen molar-refractivity contribution < 1.29 is 17.6 Å². The molecule has 2 heterocycles. The Labute approximate surface area is 123 Å². The summed E-state index contributed by atoms with van der Waals surface area (Å²) in [6.45, 7) is 2.47. The van der Waals surface area contributed by atoms with Crippen molar-refractivity contribution in [1.29, 1.82) is 0 Å². The Kier molecular flexibility index (Phi) is 3.59. The van der Waals surface area contributed by atoms with Gasteiger partial charge in [-0.25, -0.2) is 8.42 Å². The maximum atomic E-state index is 12.4. The lowest BCUT2D eigenvalue weighted by atomic mass is 10.1. The van der Waals surface area contributed by atoms with Crippen LogP contribution in [0, 0.1) is 0 Å². The van der Waals surface area contributed by atoms with Crippen LogP contribution in [0.1, 0.15) is 17.3 Å². The molecule has 0 amide bonds. The predicted molar refractivity (Wildman–Crippen MR) is 80.2 cm³/mol. The fourth-order valence-corrected chi connectivity index (χ4v) is 4.36. The summed E-state index contributed by atoms with van der Waals surface area (Å²) in [7, 11) is -2.96. The zero-order valence-corrected chi connectivity index (χ0v) is 12.6. The van der Waals surface area contributed by atoms with E-state index < -0.39 is 9.84 Å². The smallest absolute Gasteiger partial charge is 0.180 e. The molecule has 0 N–H and O–H groups in total. The van der Waals surface area contributed by atoms with Gasteiger partial charge >= 0.3 is 0 Å². The summed E-state index contributed by atoms with van der Waals surface area (Å²) in [6.07, 6.45) is 1.48. The number of nitrogens with zero attached hydrogens (tertiary/aromatic N) is 1. The van der Waals surface area contributed by atoms with Crippen LogP contribution in [-0.4, -0.2) is 49.7 Å². The van der Waals surface area contributed by atoms with Crippen LogP contribution < -0.4 is 0 Å². The van der Waals surface area contributed by atoms with Gasteiger partial charge in [0.2, 0.25) is 0 Å². The third-order valence-corrected chi connectivity index (χ3v) is 5.73. The highest BCUT2D eigenvalue weighted by Gasteiger charge is 2.29. The number of para-hydroxylation sites is 1. The first-order valence-corrected chi connectivity index (χ1v) is 8.72. The van der Waals surface area contributed by atoms with E-state index in [2.05, 4.69) is 0 Å². The topological polar surface area (TPSA) is 67.6 Å². The van der Waals surface area contributed by atoms with E-state index in [1.807, 2.05) is 36.1 Å². The van der Waals surface area contributed by atoms with Crippen LogP contribution in [-0.2, 0) is 9.84 Å². The quantitative estimate of drug-likeness (QED) is 0.808. The molecule has 1 aliphatic heterocycles. The molecule has 2 aromatic rings. The number of carbonyl (C=O) groups excluding carboxylic acids is 1. The second-order valence-electron chi connectivity index (χ2n) is 5.50. The summed E-state index contributed by atoms with van der Waals surface area (Å²) < 4.78 is 28.5. The molecule has 0 aliphatic carbocycles. The van der Waals surface area contributed by atoms with E-state index in [4.69, 9.17) is 4.42 Å². The van der Waals surface area contributed by atoms with Gasteiger partial charge in [0.05, 0.1) is 23.6 Å². The molecule has 112 valence electrons. The minimum absolute atomic E-state index is 0.0360. The fourth-order valence-electron chi connectivity index (χ4n) is 2.73. The van der Waals surface area contributed by atoms with E-state index in [0.717, 1.165) is 5.39 Å². The highest BCUT2D eigenvalue weighted by atomic mass is 32.2. The highest BCUT2D eigenvalue weighted by molar-refractivity contribution is 7.91. The monoisotopic (exact) mass is 307 g/mol. The van der Waals surface area contributed by atoms with Gasteiger partial charge in [-0.3, -0.25) is 9.69 Å². The Morgan fingerprint density at radius 3 is 2.90 bits per heavy atom. The van der Waals surface area contributed by atoms with Crippen molar-refractivity contribution in [3.8, 4) is 0 Å². The van der Waals surface area contributed by atoms with Crippen molar-refractivity contribution >= 4 is 26.6 Å². The molecule has 5 nitrogen and oxygen atoms in total. The van der Waals surface area contributed by atoms with Gasteiger partial charge in [0.15, 0.2) is 15.6 Å². The molecule has 0 bridgehead atoms. The van der Waals surface area contributed by atoms with E-state index in [-0.39, 0.29) is 29.9 Å². The van der Waals surface area contributed by atoms with Gasteiger partial charge in [-0.15, -0.1) is 0 Å². The van der Waals surface area contributed by atoms with Crippen molar-refractivity contribution in [2.75, 3.05) is 24.6 Å². The molecule has 3 rings (SSSR count). The summed E-state index contributed by atoms with van der Waals surface area (Å²) in [5.74, 6) is 0.203. The number of sulfone groups is 1. The van der Waals surface area contributed by atoms with Crippen LogP contribution in [0.25, 0.3) is 11.0 Å². The first-order chi connectivity index (χ1) is 9.96. The number of rotatable bonds is 3. The van der Waals surface area contributed by atoms with Gasteiger partial charge in [0.25, 0.3) is 0 Å². The minimum Gasteiger partial charge on any atom is -0.464 e. The first kappa shape index (κ1) is 14.3. The Hall–Kier alpha value is -1.66. The van der Waals surface area contributed by atoms with Gasteiger partial charge in [-0.05, 0) is 13.0 Å². The van der Waals surface area contributed by atoms with Crippen LogP contribution >= 0.6 is 0 Å². The molecule has 1 saturated heterocycles. The molecular weight excluding hydrogens is 290 g/mol. The van der Waals surface area contributed by atoms with Crippen molar-refractivity contribution in [1.82, 2.24) is 4.90 Å². The average molecular weight is 307 g/mol. The molecule has 1 aliphatic rings. The molecule has 21 heavy (non-hydrogen) atoms. The number of carbonyl (C=O) groups is 1. The minimum atomic E-state index is -2.96. The first-order valence-electron chi connectivity index (χ1n) is 6.90. The number of Topliss-reactive ketones (excluding diaryl/α,β-unsaturated/α-hetero) is 1. The van der Waals surface area contributed by atoms with E-state index in [1.54, 1.807) is 0 Å². The number of benzene rings is 1. The molecule has 1 fully saturated rings. The zero-order chi connectivity index (χ0) is 15.0. The predicted octanol–water partition coefficient (Wildman–Crippen LogP) is 1.73. The van der Waals surface area contributed by atoms with Crippen molar-refractivity contribution in [2.45, 2.75) is 13.0 Å². The SMILES string of the molecule is CC1CS(=O)(=O)CCN1CC(=O)c1coc2ccccc12. The largest absolute Gasteiger partial charge is 0.464 e. The molecule has 0 spiro atoms. The number of fused-ring (bicyclic) bond motifs is 1. The Morgan fingerprint density at radius 2 is 2.14 bits per heavy atom. The average Bonchev–Trinajstić information content (AvgIpc) is 2.85. The highest BCUT2D eigenvalue weighted by Crippen LogP contribution is 2.22. The second-order valence-corrected chi connectivity index (χ2v) is 7.73. The number of hydrogen-bond donors (Lipinski definition) is 0. The third-order valence-electron chi connectivity index (χ3n) is 3.94. The number of ketones is 1. The lowest BCUT2D eigenvalue weighted by molar-refractivity contribution is 0.0909. The number of hydrogen-bond acceptors (Lipinski definition) is 5. The molecule has 0 radical (unpaired) electrons. The van der Waals surface area contributed by atoms with Crippen LogP contribution in [0.15, 0.2) is 34.9 Å². The molecular formula is C15H17NO4S. The second kappa shape index (κ2) is 5.27. The molecule has 1 aromatic heterocycles. The van der Waals surface area contributed by atoms with Crippen molar-refractivity contribution in [3.05, 3.63) is 36.1 Å². The summed E-state index contributed by atoms with van der Waals surface area (Å²) in [4.78, 5) is 14.4. The normalized spacial score (nSPS) is 22.4. The molecule has 0 saturated carbocycles. The van der Waals surface area contributed by atoms with Crippen LogP contribution in [0.5, 0.6) is 0 Å². The van der Waals surface area contributed by atoms with Gasteiger partial charge in [0.1, 0.15) is 11.8 Å². The maximum absolute atomic E-state index is 12.4. The van der Waals surface area contributed by atoms with Crippen LogP contribution in [0.2, 0.25) is 0 Å². The van der Waals surface area contributed by atoms with Gasteiger partial charge < -0.3 is 4.42 Å². The summed E-state index contributed by atoms with van der Waals surface area (Å²) in [5, 5.41) is 0.805. The number of furan rings is 1. The standard InChI is InChI=1S/C15H17NO4S/c1-11-10-21(18,19)7-6-16(11)8-14(17)13-9-20-15-5-3-2-4-12(13)15/h2-5,9,11H,6-8,10H2,1H3. The van der Waals surface area contributed by atoms with Gasteiger partial charge in [-0.2, -0.15) is 0 Å². The maximum Gasteiger partial charge on any atom is 0.180 e. The van der Waals surface area contributed by atoms with Gasteiger partial charge in [-0.1, -0.05) is 18.2 Å². The van der Waals surface area contributed by atoms with Crippen LogP contribution in [0.3, 0.4) is 0 Å². The van der Waals surface area contributed by atoms with E-state index >= 15 is 0 Å². The molecule has 1 aromatic carbocycles. The van der Waals surface area contributed by atoms with Crippen LogP contribution in [0.4, 0.5) is 0 Å². The zero-order valence-electron chi connectivity index (χ0n) is 11.8. The molecule has 1 unspecified atom stereocenters. The molecule has 1 atom stereocenters. The van der Waals surface area contributed by atoms with Gasteiger partial charge in [0, 0.05) is 18.0 Å². The van der Waals surface area contributed by atoms with E-state index in [9.17, 15) is 13.2 Å². The Balaban J connectivity index is 1.78. The Morgan fingerprint density at radius 1 is 1.38 bits per heavy atom. The Bertz CT molecular complexity index is 778. The molecule has 6 heteroatoms. The van der Waals surface area contributed by atoms with Crippen molar-refractivity contribution in [2.24, 2.45) is 0 Å². The van der Waals surface area contributed by atoms with Crippen molar-refractivity contribution in [3.63, 3.8) is 0 Å². The fraction of sp³-hybridized carbons (Fsp3) is 0.400. The lowest BCUT2D eigenvalue weighted by Gasteiger charge is -2.32. The lowest BCUT2D eigenvalue weighted by Crippen LogP contribution is -2.48. The summed E-state index contributed by atoms with van der Waals surface area (Å²) >= 11 is 0. The van der Waals surface area contributed by atoms with E-state index in [1.165, 1.54) is 6.26 Å². The van der Waals surface area contributed by atoms with E-state index in [0.29, 0.717) is 17.7 Å². The third kappa shape index (κ3) is 2.87. The summed E-state index contributed by atoms with van der Waals surface area (Å²) in [6, 6.07) is 7.27.